The molecule has 0 radical (unpaired) electrons. The van der Waals surface area contributed by atoms with E-state index < -0.39 is 0 Å². The second-order valence-corrected chi connectivity index (χ2v) is 8.41. The highest BCUT2D eigenvalue weighted by Crippen LogP contribution is 2.36. The second-order valence-electron chi connectivity index (χ2n) is 8.41. The van der Waals surface area contributed by atoms with E-state index in [4.69, 9.17) is 4.52 Å². The van der Waals surface area contributed by atoms with Crippen LogP contribution in [0.2, 0.25) is 0 Å². The van der Waals surface area contributed by atoms with E-state index in [2.05, 4.69) is 44.8 Å². The Bertz CT molecular complexity index is 713. The minimum atomic E-state index is 0.0639. The fourth-order valence-corrected chi connectivity index (χ4v) is 4.47. The predicted molar refractivity (Wildman–Crippen MR) is 96.4 cm³/mol. The standard InChI is InChI=1S/C19H29N5O/c1-14-10-16(25-22-14)18-17-15(20-13-21-17)6-9-24(18)12-19(2,3)11-23-7-4-5-8-23/h10,13,18H,4-9,11-12H2,1-3H3,(H,20,21). The Hall–Kier alpha value is -1.66. The maximum atomic E-state index is 5.65. The topological polar surface area (TPSA) is 61.2 Å². The lowest BCUT2D eigenvalue weighted by atomic mass is 9.89. The number of H-pyrrole nitrogens is 1. The van der Waals surface area contributed by atoms with Crippen LogP contribution in [-0.2, 0) is 6.42 Å². The minimum Gasteiger partial charge on any atom is -0.359 e. The third-order valence-electron chi connectivity index (χ3n) is 5.42. The van der Waals surface area contributed by atoms with Crippen molar-refractivity contribution in [3.8, 4) is 0 Å². The number of aromatic nitrogens is 3. The molecule has 0 spiro atoms. The maximum Gasteiger partial charge on any atom is 0.160 e. The third kappa shape index (κ3) is 3.51. The highest BCUT2D eigenvalue weighted by Gasteiger charge is 2.37. The summed E-state index contributed by atoms with van der Waals surface area (Å²) in [6.07, 6.45) is 5.51. The highest BCUT2D eigenvalue weighted by molar-refractivity contribution is 5.28. The van der Waals surface area contributed by atoms with E-state index in [9.17, 15) is 0 Å². The number of rotatable bonds is 5. The number of imidazole rings is 1. The summed E-state index contributed by atoms with van der Waals surface area (Å²) in [4.78, 5) is 13.0. The third-order valence-corrected chi connectivity index (χ3v) is 5.42. The SMILES string of the molecule is Cc1cc(C2c3nc[nH]c3CCN2CC(C)(C)CN2CCCC2)on1. The Morgan fingerprint density at radius 3 is 2.76 bits per heavy atom. The average molecular weight is 343 g/mol. The first-order valence-corrected chi connectivity index (χ1v) is 9.44. The van der Waals surface area contributed by atoms with E-state index in [1.807, 2.05) is 6.92 Å². The monoisotopic (exact) mass is 343 g/mol. The molecular weight excluding hydrogens is 314 g/mol. The van der Waals surface area contributed by atoms with E-state index in [1.165, 1.54) is 31.6 Å². The largest absolute Gasteiger partial charge is 0.359 e. The molecule has 136 valence electrons. The van der Waals surface area contributed by atoms with E-state index in [0.717, 1.165) is 43.2 Å². The number of nitrogens with zero attached hydrogens (tertiary/aromatic N) is 4. The van der Waals surface area contributed by atoms with Crippen molar-refractivity contribution < 1.29 is 4.52 Å². The summed E-state index contributed by atoms with van der Waals surface area (Å²) in [5.41, 5.74) is 3.48. The van der Waals surface area contributed by atoms with Crippen molar-refractivity contribution in [2.45, 2.75) is 46.1 Å². The Morgan fingerprint density at radius 1 is 1.24 bits per heavy atom. The summed E-state index contributed by atoms with van der Waals surface area (Å²) in [6, 6.07) is 2.11. The molecule has 0 aromatic carbocycles. The van der Waals surface area contributed by atoms with Crippen molar-refractivity contribution >= 4 is 0 Å². The average Bonchev–Trinajstić information content (AvgIpc) is 3.28. The lowest BCUT2D eigenvalue weighted by Crippen LogP contribution is -2.45. The van der Waals surface area contributed by atoms with Crippen molar-refractivity contribution in [1.29, 1.82) is 0 Å². The Kier molecular flexibility index (Phi) is 4.41. The Labute approximate surface area is 149 Å². The Balaban J connectivity index is 1.57. The van der Waals surface area contributed by atoms with Crippen LogP contribution in [0.15, 0.2) is 16.9 Å². The molecule has 0 saturated carbocycles. The van der Waals surface area contributed by atoms with Crippen LogP contribution in [0, 0.1) is 12.3 Å². The van der Waals surface area contributed by atoms with Crippen LogP contribution in [0.5, 0.6) is 0 Å². The van der Waals surface area contributed by atoms with Crippen LogP contribution < -0.4 is 0 Å². The molecule has 0 amide bonds. The van der Waals surface area contributed by atoms with Gasteiger partial charge in [-0.1, -0.05) is 19.0 Å². The number of hydrogen-bond donors (Lipinski definition) is 1. The molecule has 1 N–H and O–H groups in total. The van der Waals surface area contributed by atoms with Gasteiger partial charge in [0.2, 0.25) is 0 Å². The fourth-order valence-electron chi connectivity index (χ4n) is 4.47. The quantitative estimate of drug-likeness (QED) is 0.904. The van der Waals surface area contributed by atoms with Gasteiger partial charge < -0.3 is 14.4 Å². The molecule has 1 unspecified atom stereocenters. The molecule has 1 saturated heterocycles. The molecule has 4 rings (SSSR count). The molecule has 2 aliphatic heterocycles. The van der Waals surface area contributed by atoms with Gasteiger partial charge in [-0.15, -0.1) is 0 Å². The van der Waals surface area contributed by atoms with Gasteiger partial charge in [0.05, 0.1) is 17.7 Å². The molecule has 2 aliphatic rings. The van der Waals surface area contributed by atoms with Crippen molar-refractivity contribution in [3.05, 3.63) is 35.2 Å². The summed E-state index contributed by atoms with van der Waals surface area (Å²) < 4.78 is 5.65. The van der Waals surface area contributed by atoms with Crippen LogP contribution >= 0.6 is 0 Å². The number of fused-ring (bicyclic) bond motifs is 1. The van der Waals surface area contributed by atoms with Gasteiger partial charge in [0, 0.05) is 37.8 Å². The second kappa shape index (κ2) is 6.57. The van der Waals surface area contributed by atoms with E-state index >= 15 is 0 Å². The number of nitrogens with one attached hydrogen (secondary N) is 1. The van der Waals surface area contributed by atoms with Gasteiger partial charge in [-0.2, -0.15) is 0 Å². The van der Waals surface area contributed by atoms with Crippen LogP contribution in [0.3, 0.4) is 0 Å². The van der Waals surface area contributed by atoms with Crippen LogP contribution in [0.25, 0.3) is 0 Å². The molecule has 25 heavy (non-hydrogen) atoms. The van der Waals surface area contributed by atoms with Crippen LogP contribution in [0.4, 0.5) is 0 Å². The first-order chi connectivity index (χ1) is 12.0. The maximum absolute atomic E-state index is 5.65. The van der Waals surface area contributed by atoms with Gasteiger partial charge in [0.1, 0.15) is 6.04 Å². The first-order valence-electron chi connectivity index (χ1n) is 9.44. The van der Waals surface area contributed by atoms with Gasteiger partial charge in [-0.3, -0.25) is 4.90 Å². The molecule has 1 fully saturated rings. The minimum absolute atomic E-state index is 0.0639. The lowest BCUT2D eigenvalue weighted by molar-refractivity contribution is 0.0948. The summed E-state index contributed by atoms with van der Waals surface area (Å²) in [5.74, 6) is 0.905. The smallest absolute Gasteiger partial charge is 0.160 e. The van der Waals surface area contributed by atoms with Crippen molar-refractivity contribution in [3.63, 3.8) is 0 Å². The zero-order valence-corrected chi connectivity index (χ0v) is 15.6. The van der Waals surface area contributed by atoms with Crippen LogP contribution in [0.1, 0.15) is 55.6 Å². The zero-order valence-electron chi connectivity index (χ0n) is 15.6. The summed E-state index contributed by atoms with van der Waals surface area (Å²) in [7, 11) is 0. The molecule has 2 aromatic heterocycles. The van der Waals surface area contributed by atoms with Crippen LogP contribution in [-0.4, -0.2) is 57.6 Å². The van der Waals surface area contributed by atoms with E-state index in [1.54, 1.807) is 6.33 Å². The number of aryl methyl sites for hydroxylation is 1. The van der Waals surface area contributed by atoms with Crippen molar-refractivity contribution in [1.82, 2.24) is 24.9 Å². The first kappa shape index (κ1) is 16.8. The number of hydrogen-bond acceptors (Lipinski definition) is 5. The van der Waals surface area contributed by atoms with Gasteiger partial charge in [-0.25, -0.2) is 4.98 Å². The molecule has 6 heteroatoms. The molecule has 1 atom stereocenters. The lowest BCUT2D eigenvalue weighted by Gasteiger charge is -2.40. The summed E-state index contributed by atoms with van der Waals surface area (Å²) in [5, 5.41) is 4.12. The van der Waals surface area contributed by atoms with Gasteiger partial charge in [-0.05, 0) is 38.3 Å². The summed E-state index contributed by atoms with van der Waals surface area (Å²) >= 11 is 0. The predicted octanol–water partition coefficient (Wildman–Crippen LogP) is 2.78. The number of likely N-dealkylation sites (tertiary alicyclic amines) is 1. The molecular formula is C19H29N5O. The summed E-state index contributed by atoms with van der Waals surface area (Å²) in [6.45, 7) is 12.4. The van der Waals surface area contributed by atoms with Crippen molar-refractivity contribution in [2.24, 2.45) is 5.41 Å². The van der Waals surface area contributed by atoms with Gasteiger partial charge >= 0.3 is 0 Å². The van der Waals surface area contributed by atoms with Gasteiger partial charge in [0.15, 0.2) is 5.76 Å². The highest BCUT2D eigenvalue weighted by atomic mass is 16.5. The number of aromatic amines is 1. The molecule has 6 nitrogen and oxygen atoms in total. The van der Waals surface area contributed by atoms with Gasteiger partial charge in [0.25, 0.3) is 0 Å². The Morgan fingerprint density at radius 2 is 2.04 bits per heavy atom. The normalized spacial score (nSPS) is 22.4. The zero-order chi connectivity index (χ0) is 17.4. The molecule has 2 aromatic rings. The van der Waals surface area contributed by atoms with E-state index in [-0.39, 0.29) is 11.5 Å². The van der Waals surface area contributed by atoms with Crippen molar-refractivity contribution in [2.75, 3.05) is 32.7 Å². The van der Waals surface area contributed by atoms with E-state index in [0.29, 0.717) is 0 Å². The molecule has 4 heterocycles. The molecule has 0 aliphatic carbocycles. The molecule has 0 bridgehead atoms. The fraction of sp³-hybridized carbons (Fsp3) is 0.684.